The van der Waals surface area contributed by atoms with Crippen molar-refractivity contribution < 1.29 is 18.8 Å². The van der Waals surface area contributed by atoms with Gasteiger partial charge in [0.2, 0.25) is 0 Å². The number of benzene rings is 2. The van der Waals surface area contributed by atoms with Crippen molar-refractivity contribution in [2.45, 2.75) is 5.75 Å². The maximum Gasteiger partial charge on any atom is 0.277 e. The second-order valence-corrected chi connectivity index (χ2v) is 5.05. The van der Waals surface area contributed by atoms with Gasteiger partial charge in [-0.05, 0) is 29.3 Å². The van der Waals surface area contributed by atoms with Crippen LogP contribution in [0, 0.1) is 10.1 Å². The Balaban J connectivity index is 2.50. The molecule has 0 fully saturated rings. The highest BCUT2D eigenvalue weighted by Crippen LogP contribution is 2.31. The minimum absolute atomic E-state index is 0.0729. The summed E-state index contributed by atoms with van der Waals surface area (Å²) in [5, 5.41) is 20.3. The molecule has 7 heteroatoms. The third-order valence-electron chi connectivity index (χ3n) is 2.73. The van der Waals surface area contributed by atoms with Gasteiger partial charge in [0.15, 0.2) is 11.1 Å². The van der Waals surface area contributed by atoms with Gasteiger partial charge < -0.3 is 9.66 Å². The molecule has 0 aliphatic heterocycles. The van der Waals surface area contributed by atoms with E-state index in [1.807, 2.05) is 0 Å². The fourth-order valence-electron chi connectivity index (χ4n) is 1.85. The van der Waals surface area contributed by atoms with Crippen LogP contribution < -0.4 is 0 Å². The second-order valence-electron chi connectivity index (χ2n) is 4.12. The first kappa shape index (κ1) is 14.2. The van der Waals surface area contributed by atoms with Crippen LogP contribution in [0.5, 0.6) is 5.75 Å². The van der Waals surface area contributed by atoms with Gasteiger partial charge in [-0.15, -0.1) is 0 Å². The van der Waals surface area contributed by atoms with Crippen LogP contribution in [0.3, 0.4) is 0 Å². The molecule has 0 aliphatic rings. The summed E-state index contributed by atoms with van der Waals surface area (Å²) in [5.74, 6) is -0.0832. The molecule has 0 aliphatic carbocycles. The molecular formula is C13H11NO5S. The zero-order chi connectivity index (χ0) is 14.7. The Hall–Kier alpha value is -2.25. The highest BCUT2D eigenvalue weighted by atomic mass is 32.2. The number of aromatic hydroxyl groups is 1. The Morgan fingerprint density at radius 1 is 1.15 bits per heavy atom. The summed E-state index contributed by atoms with van der Waals surface area (Å²) in [6.07, 6.45) is 0. The minimum Gasteiger partial charge on any atom is -0.508 e. The molecule has 0 saturated carbocycles. The Labute approximate surface area is 117 Å². The summed E-state index contributed by atoms with van der Waals surface area (Å²) in [6, 6.07) is 10.4. The molecule has 0 heterocycles. The van der Waals surface area contributed by atoms with Crippen molar-refractivity contribution in [2.75, 3.05) is 0 Å². The molecule has 2 aromatic rings. The molecule has 2 N–H and O–H groups in total. The SMILES string of the molecule is O=[N+]([O-])c1cc(CS(=O)O)ccc1-c1ccc(O)cc1. The van der Waals surface area contributed by atoms with Crippen LogP contribution in [0.1, 0.15) is 5.56 Å². The van der Waals surface area contributed by atoms with Gasteiger partial charge in [-0.3, -0.25) is 10.1 Å². The lowest BCUT2D eigenvalue weighted by atomic mass is 10.0. The largest absolute Gasteiger partial charge is 0.508 e. The number of hydrogen-bond acceptors (Lipinski definition) is 4. The van der Waals surface area contributed by atoms with Gasteiger partial charge in [0.25, 0.3) is 5.69 Å². The topological polar surface area (TPSA) is 101 Å². The summed E-state index contributed by atoms with van der Waals surface area (Å²) in [6.45, 7) is 0. The highest BCUT2D eigenvalue weighted by Gasteiger charge is 2.16. The smallest absolute Gasteiger partial charge is 0.277 e. The quantitative estimate of drug-likeness (QED) is 0.512. The average molecular weight is 293 g/mol. The van der Waals surface area contributed by atoms with Crippen molar-refractivity contribution >= 4 is 16.8 Å². The monoisotopic (exact) mass is 293 g/mol. The molecule has 0 bridgehead atoms. The number of phenolic OH excluding ortho intramolecular Hbond substituents is 1. The van der Waals surface area contributed by atoms with E-state index in [1.54, 1.807) is 18.2 Å². The van der Waals surface area contributed by atoms with Gasteiger partial charge in [0.1, 0.15) is 5.75 Å². The summed E-state index contributed by atoms with van der Waals surface area (Å²) in [4.78, 5) is 10.6. The van der Waals surface area contributed by atoms with Crippen molar-refractivity contribution in [1.29, 1.82) is 0 Å². The van der Waals surface area contributed by atoms with Gasteiger partial charge in [-0.2, -0.15) is 0 Å². The van der Waals surface area contributed by atoms with Gasteiger partial charge >= 0.3 is 0 Å². The molecule has 0 aromatic heterocycles. The lowest BCUT2D eigenvalue weighted by Crippen LogP contribution is -1.97. The van der Waals surface area contributed by atoms with Crippen molar-refractivity contribution in [3.8, 4) is 16.9 Å². The van der Waals surface area contributed by atoms with E-state index >= 15 is 0 Å². The molecule has 2 aromatic carbocycles. The van der Waals surface area contributed by atoms with Gasteiger partial charge in [-0.1, -0.05) is 18.2 Å². The molecule has 1 unspecified atom stereocenters. The predicted molar refractivity (Wildman–Crippen MR) is 74.7 cm³/mol. The Morgan fingerprint density at radius 2 is 1.80 bits per heavy atom. The van der Waals surface area contributed by atoms with Crippen LogP contribution >= 0.6 is 0 Å². The second kappa shape index (κ2) is 5.81. The molecule has 104 valence electrons. The first-order chi connectivity index (χ1) is 9.47. The molecule has 20 heavy (non-hydrogen) atoms. The predicted octanol–water partition coefficient (Wildman–Crippen LogP) is 2.69. The van der Waals surface area contributed by atoms with E-state index in [9.17, 15) is 19.4 Å². The number of nitrogens with zero attached hydrogens (tertiary/aromatic N) is 1. The van der Waals surface area contributed by atoms with E-state index < -0.39 is 16.0 Å². The Morgan fingerprint density at radius 3 is 2.35 bits per heavy atom. The van der Waals surface area contributed by atoms with Crippen molar-refractivity contribution in [2.24, 2.45) is 0 Å². The maximum absolute atomic E-state index is 11.1. The fraction of sp³-hybridized carbons (Fsp3) is 0.0769. The van der Waals surface area contributed by atoms with Crippen LogP contribution in [0.15, 0.2) is 42.5 Å². The van der Waals surface area contributed by atoms with Gasteiger partial charge in [-0.25, -0.2) is 4.21 Å². The third kappa shape index (κ3) is 3.19. The fourth-order valence-corrected chi connectivity index (χ4v) is 2.31. The van der Waals surface area contributed by atoms with Crippen LogP contribution in [-0.4, -0.2) is 18.8 Å². The summed E-state index contributed by atoms with van der Waals surface area (Å²) < 4.78 is 19.6. The Kier molecular flexibility index (Phi) is 4.11. The first-order valence-electron chi connectivity index (χ1n) is 5.61. The molecular weight excluding hydrogens is 282 g/mol. The third-order valence-corrected chi connectivity index (χ3v) is 3.31. The Bertz CT molecular complexity index is 669. The number of hydrogen-bond donors (Lipinski definition) is 2. The maximum atomic E-state index is 11.1. The highest BCUT2D eigenvalue weighted by molar-refractivity contribution is 7.78. The summed E-state index contributed by atoms with van der Waals surface area (Å²) in [7, 11) is 0. The van der Waals surface area contributed by atoms with Crippen LogP contribution in [0.25, 0.3) is 11.1 Å². The van der Waals surface area contributed by atoms with Crippen LogP contribution in [0.4, 0.5) is 5.69 Å². The van der Waals surface area contributed by atoms with E-state index in [1.165, 1.54) is 24.3 Å². The molecule has 0 saturated heterocycles. The van der Waals surface area contributed by atoms with Gasteiger partial charge in [0.05, 0.1) is 16.2 Å². The molecule has 6 nitrogen and oxygen atoms in total. The van der Waals surface area contributed by atoms with Crippen LogP contribution in [-0.2, 0) is 16.8 Å². The molecule has 0 spiro atoms. The first-order valence-corrected chi connectivity index (χ1v) is 6.89. The number of nitro benzene ring substituents is 1. The lowest BCUT2D eigenvalue weighted by Gasteiger charge is -2.05. The van der Waals surface area contributed by atoms with Gasteiger partial charge in [0, 0.05) is 6.07 Å². The van der Waals surface area contributed by atoms with E-state index in [2.05, 4.69) is 0 Å². The number of nitro groups is 1. The van der Waals surface area contributed by atoms with E-state index in [0.29, 0.717) is 16.7 Å². The van der Waals surface area contributed by atoms with Crippen molar-refractivity contribution in [3.63, 3.8) is 0 Å². The van der Waals surface area contributed by atoms with Crippen molar-refractivity contribution in [1.82, 2.24) is 0 Å². The zero-order valence-electron chi connectivity index (χ0n) is 10.2. The van der Waals surface area contributed by atoms with Crippen LogP contribution in [0.2, 0.25) is 0 Å². The van der Waals surface area contributed by atoms with E-state index in [0.717, 1.165) is 0 Å². The summed E-state index contributed by atoms with van der Waals surface area (Å²) >= 11 is -2.05. The minimum atomic E-state index is -2.05. The molecule has 2 rings (SSSR count). The standard InChI is InChI=1S/C13H11NO5S/c15-11-4-2-10(3-5-11)12-6-1-9(8-20(18)19)7-13(12)14(16)17/h1-7,15H,8H2,(H,18,19). The lowest BCUT2D eigenvalue weighted by molar-refractivity contribution is -0.384. The normalized spacial score (nSPS) is 12.1. The van der Waals surface area contributed by atoms with Crippen molar-refractivity contribution in [3.05, 3.63) is 58.1 Å². The molecule has 0 radical (unpaired) electrons. The van der Waals surface area contributed by atoms with E-state index in [4.69, 9.17) is 4.55 Å². The molecule has 0 amide bonds. The summed E-state index contributed by atoms with van der Waals surface area (Å²) in [5.41, 5.74) is 1.26. The number of phenols is 1. The molecule has 1 atom stereocenters. The number of rotatable bonds is 4. The average Bonchev–Trinajstić information content (AvgIpc) is 2.39. The zero-order valence-corrected chi connectivity index (χ0v) is 11.0. The van der Waals surface area contributed by atoms with E-state index in [-0.39, 0.29) is 17.2 Å².